The first-order valence-electron chi connectivity index (χ1n) is 7.04. The van der Waals surface area contributed by atoms with Crippen molar-refractivity contribution in [1.29, 1.82) is 0 Å². The lowest BCUT2D eigenvalue weighted by atomic mass is 10.0. The molecule has 2 heteroatoms. The fourth-order valence-electron chi connectivity index (χ4n) is 2.87. The van der Waals surface area contributed by atoms with Gasteiger partial charge in [-0.2, -0.15) is 0 Å². The predicted molar refractivity (Wildman–Crippen MR) is 86.2 cm³/mol. The van der Waals surface area contributed by atoms with E-state index < -0.39 is 0 Å². The van der Waals surface area contributed by atoms with E-state index >= 15 is 0 Å². The van der Waals surface area contributed by atoms with Gasteiger partial charge in [0, 0.05) is 22.9 Å². The molecule has 0 unspecified atom stereocenters. The van der Waals surface area contributed by atoms with Gasteiger partial charge in [-0.3, -0.25) is 4.98 Å². The smallest absolute Gasteiger partial charge is 0.0812 e. The minimum atomic E-state index is 0.971. The van der Waals surface area contributed by atoms with Crippen LogP contribution in [-0.4, -0.2) is 10.7 Å². The molecule has 21 heavy (non-hydrogen) atoms. The molecule has 2 aromatic carbocycles. The highest BCUT2D eigenvalue weighted by Gasteiger charge is 2.26. The molecular formula is C19H14N2. The number of aryl methyl sites for hydroxylation is 1. The van der Waals surface area contributed by atoms with Crippen LogP contribution < -0.4 is 0 Å². The van der Waals surface area contributed by atoms with Gasteiger partial charge >= 0.3 is 0 Å². The van der Waals surface area contributed by atoms with Crippen LogP contribution in [0, 0.1) is 6.92 Å². The van der Waals surface area contributed by atoms with Gasteiger partial charge in [-0.25, -0.2) is 4.99 Å². The third-order valence-corrected chi connectivity index (χ3v) is 3.82. The van der Waals surface area contributed by atoms with Crippen LogP contribution in [0.1, 0.15) is 16.7 Å². The van der Waals surface area contributed by atoms with Crippen LogP contribution >= 0.6 is 0 Å². The van der Waals surface area contributed by atoms with Crippen LogP contribution in [0.4, 0.5) is 5.69 Å². The van der Waals surface area contributed by atoms with Crippen molar-refractivity contribution in [3.63, 3.8) is 0 Å². The molecule has 0 amide bonds. The number of rotatable bonds is 1. The Bertz CT molecular complexity index is 848. The zero-order valence-electron chi connectivity index (χ0n) is 11.7. The van der Waals surface area contributed by atoms with Crippen molar-refractivity contribution in [2.45, 2.75) is 6.92 Å². The third kappa shape index (κ3) is 1.88. The first kappa shape index (κ1) is 12.0. The molecule has 0 atom stereocenters. The van der Waals surface area contributed by atoms with E-state index in [0.29, 0.717) is 0 Å². The lowest BCUT2D eigenvalue weighted by Gasteiger charge is -2.05. The van der Waals surface area contributed by atoms with Gasteiger partial charge in [0.1, 0.15) is 0 Å². The highest BCUT2D eigenvalue weighted by molar-refractivity contribution is 6.25. The number of para-hydroxylation sites is 1. The normalized spacial score (nSPS) is 14.0. The van der Waals surface area contributed by atoms with Gasteiger partial charge < -0.3 is 0 Å². The van der Waals surface area contributed by atoms with E-state index in [1.165, 1.54) is 16.7 Å². The SMILES string of the molecule is Cc1cccc2c1C(=Nc1ccccc1)c1cccnc1-2. The molecule has 0 spiro atoms. The van der Waals surface area contributed by atoms with E-state index in [4.69, 9.17) is 4.99 Å². The summed E-state index contributed by atoms with van der Waals surface area (Å²) in [6, 6.07) is 20.5. The third-order valence-electron chi connectivity index (χ3n) is 3.82. The zero-order chi connectivity index (χ0) is 14.2. The van der Waals surface area contributed by atoms with Crippen molar-refractivity contribution in [3.8, 4) is 11.3 Å². The van der Waals surface area contributed by atoms with E-state index in [0.717, 1.165) is 22.7 Å². The first-order chi connectivity index (χ1) is 10.3. The number of fused-ring (bicyclic) bond motifs is 3. The molecule has 0 saturated heterocycles. The fraction of sp³-hybridized carbons (Fsp3) is 0.0526. The second-order valence-corrected chi connectivity index (χ2v) is 5.19. The van der Waals surface area contributed by atoms with E-state index in [2.05, 4.69) is 36.2 Å². The quantitative estimate of drug-likeness (QED) is 0.498. The molecule has 1 aliphatic rings. The summed E-state index contributed by atoms with van der Waals surface area (Å²) in [5.41, 5.74) is 7.77. The van der Waals surface area contributed by atoms with Gasteiger partial charge in [-0.05, 0) is 36.8 Å². The lowest BCUT2D eigenvalue weighted by Crippen LogP contribution is -2.00. The maximum Gasteiger partial charge on any atom is 0.0812 e. The van der Waals surface area contributed by atoms with Crippen molar-refractivity contribution >= 4 is 11.4 Å². The van der Waals surface area contributed by atoms with Gasteiger partial charge in [0.15, 0.2) is 0 Å². The Hall–Kier alpha value is -2.74. The van der Waals surface area contributed by atoms with Crippen LogP contribution in [-0.2, 0) is 0 Å². The van der Waals surface area contributed by atoms with E-state index in [1.54, 1.807) is 0 Å². The molecule has 0 N–H and O–H groups in total. The van der Waals surface area contributed by atoms with Crippen LogP contribution in [0.15, 0.2) is 71.9 Å². The summed E-state index contributed by atoms with van der Waals surface area (Å²) in [5, 5.41) is 0. The maximum atomic E-state index is 4.88. The summed E-state index contributed by atoms with van der Waals surface area (Å²) >= 11 is 0. The van der Waals surface area contributed by atoms with Crippen LogP contribution in [0.25, 0.3) is 11.3 Å². The molecule has 2 nitrogen and oxygen atoms in total. The molecule has 0 aliphatic heterocycles. The molecule has 100 valence electrons. The van der Waals surface area contributed by atoms with Crippen LogP contribution in [0.5, 0.6) is 0 Å². The van der Waals surface area contributed by atoms with E-state index in [1.807, 2.05) is 42.6 Å². The van der Waals surface area contributed by atoms with E-state index in [-0.39, 0.29) is 0 Å². The van der Waals surface area contributed by atoms with Crippen molar-refractivity contribution in [3.05, 3.63) is 83.6 Å². The van der Waals surface area contributed by atoms with Crippen LogP contribution in [0.2, 0.25) is 0 Å². The standard InChI is InChI=1S/C19H14N2/c1-13-7-5-10-15-17(13)19(16-11-6-12-20-18(15)16)21-14-8-3-2-4-9-14/h2-12H,1H3. The van der Waals surface area contributed by atoms with Gasteiger partial charge in [-0.1, -0.05) is 36.4 Å². The van der Waals surface area contributed by atoms with Gasteiger partial charge in [0.2, 0.25) is 0 Å². The molecule has 0 saturated carbocycles. The summed E-state index contributed by atoms with van der Waals surface area (Å²) in [6.45, 7) is 2.13. The largest absolute Gasteiger partial charge is 0.256 e. The number of aromatic nitrogens is 1. The fourth-order valence-corrected chi connectivity index (χ4v) is 2.87. The predicted octanol–water partition coefficient (Wildman–Crippen LogP) is 4.54. The molecule has 1 aromatic heterocycles. The van der Waals surface area contributed by atoms with Gasteiger partial charge in [-0.15, -0.1) is 0 Å². The van der Waals surface area contributed by atoms with Crippen molar-refractivity contribution in [2.24, 2.45) is 4.99 Å². The monoisotopic (exact) mass is 270 g/mol. The highest BCUT2D eigenvalue weighted by atomic mass is 14.8. The summed E-state index contributed by atoms with van der Waals surface area (Å²) < 4.78 is 0. The Balaban J connectivity index is 2.02. The molecule has 1 heterocycles. The topological polar surface area (TPSA) is 25.2 Å². The van der Waals surface area contributed by atoms with E-state index in [9.17, 15) is 0 Å². The number of hydrogen-bond donors (Lipinski definition) is 0. The van der Waals surface area contributed by atoms with Gasteiger partial charge in [0.05, 0.1) is 17.1 Å². The van der Waals surface area contributed by atoms with Crippen molar-refractivity contribution in [1.82, 2.24) is 4.98 Å². The number of nitrogens with zero attached hydrogens (tertiary/aromatic N) is 2. The minimum absolute atomic E-state index is 0.971. The Morgan fingerprint density at radius 3 is 2.48 bits per heavy atom. The number of benzene rings is 2. The second kappa shape index (κ2) is 4.67. The average molecular weight is 270 g/mol. The number of pyridine rings is 1. The summed E-state index contributed by atoms with van der Waals surface area (Å²) in [4.78, 5) is 9.43. The maximum absolute atomic E-state index is 4.88. The zero-order valence-corrected chi connectivity index (χ0v) is 11.7. The molecule has 1 aliphatic carbocycles. The number of aliphatic imine (C=N–C) groups is 1. The highest BCUT2D eigenvalue weighted by Crippen LogP contribution is 2.37. The second-order valence-electron chi connectivity index (χ2n) is 5.19. The van der Waals surface area contributed by atoms with Crippen LogP contribution in [0.3, 0.4) is 0 Å². The summed E-state index contributed by atoms with van der Waals surface area (Å²) in [7, 11) is 0. The lowest BCUT2D eigenvalue weighted by molar-refractivity contribution is 1.33. The Kier molecular flexibility index (Phi) is 2.68. The molecule has 0 fully saturated rings. The Morgan fingerprint density at radius 1 is 0.810 bits per heavy atom. The Morgan fingerprint density at radius 2 is 1.62 bits per heavy atom. The Labute approximate surface area is 123 Å². The number of hydrogen-bond acceptors (Lipinski definition) is 2. The molecule has 0 radical (unpaired) electrons. The summed E-state index contributed by atoms with van der Waals surface area (Å²) in [6.07, 6.45) is 1.84. The first-order valence-corrected chi connectivity index (χ1v) is 7.04. The molecule has 0 bridgehead atoms. The van der Waals surface area contributed by atoms with Crippen molar-refractivity contribution < 1.29 is 0 Å². The van der Waals surface area contributed by atoms with Crippen molar-refractivity contribution in [2.75, 3.05) is 0 Å². The minimum Gasteiger partial charge on any atom is -0.256 e. The molecule has 3 aromatic rings. The molecular weight excluding hydrogens is 256 g/mol. The summed E-state index contributed by atoms with van der Waals surface area (Å²) in [5.74, 6) is 0. The average Bonchev–Trinajstić information content (AvgIpc) is 2.84. The van der Waals surface area contributed by atoms with Gasteiger partial charge in [0.25, 0.3) is 0 Å². The molecule has 4 rings (SSSR count).